The second kappa shape index (κ2) is 8.87. The minimum Gasteiger partial charge on any atom is -0.493 e. The van der Waals surface area contributed by atoms with Gasteiger partial charge in [0.2, 0.25) is 5.72 Å². The number of rotatable bonds is 6. The SMILES string of the molecule is COc1cc([C@H]2NC(=O)N[C@](O)(C(F)(F)F)[C@@H]2C(C)=O)ccc1OCc1ccc(Cl)cc1. The molecule has 2 aromatic carbocycles. The monoisotopic (exact) mass is 472 g/mol. The van der Waals surface area contributed by atoms with Gasteiger partial charge in [-0.05, 0) is 42.3 Å². The van der Waals surface area contributed by atoms with E-state index in [4.69, 9.17) is 21.1 Å². The topological polar surface area (TPSA) is 96.9 Å². The summed E-state index contributed by atoms with van der Waals surface area (Å²) in [5.41, 5.74) is -2.79. The lowest BCUT2D eigenvalue weighted by atomic mass is 9.79. The van der Waals surface area contributed by atoms with E-state index < -0.39 is 35.7 Å². The number of alkyl halides is 3. The molecule has 1 saturated heterocycles. The Balaban J connectivity index is 1.92. The summed E-state index contributed by atoms with van der Waals surface area (Å²) < 4.78 is 51.8. The average Bonchev–Trinajstić information content (AvgIpc) is 2.71. The molecule has 1 aliphatic heterocycles. The first-order valence-corrected chi connectivity index (χ1v) is 9.77. The molecule has 0 saturated carbocycles. The molecule has 0 aliphatic carbocycles. The number of hydrogen-bond acceptors (Lipinski definition) is 5. The second-order valence-corrected chi connectivity index (χ2v) is 7.69. The molecule has 11 heteroatoms. The summed E-state index contributed by atoms with van der Waals surface area (Å²) in [5, 5.41) is 14.6. The van der Waals surface area contributed by atoms with Crippen LogP contribution in [-0.2, 0) is 11.4 Å². The molecule has 3 rings (SSSR count). The highest BCUT2D eigenvalue weighted by Gasteiger charge is 2.65. The number of carbonyl (C=O) groups is 2. The van der Waals surface area contributed by atoms with Gasteiger partial charge in [0.25, 0.3) is 0 Å². The highest BCUT2D eigenvalue weighted by Crippen LogP contribution is 2.44. The van der Waals surface area contributed by atoms with Gasteiger partial charge in [-0.2, -0.15) is 13.2 Å². The predicted molar refractivity (Wildman–Crippen MR) is 108 cm³/mol. The first kappa shape index (κ1) is 23.7. The van der Waals surface area contributed by atoms with Crippen LogP contribution in [0.15, 0.2) is 42.5 Å². The third-order valence-corrected chi connectivity index (χ3v) is 5.35. The fourth-order valence-electron chi connectivity index (χ4n) is 3.54. The molecule has 2 amide bonds. The zero-order valence-electron chi connectivity index (χ0n) is 17.0. The van der Waals surface area contributed by atoms with Crippen LogP contribution in [0.2, 0.25) is 5.02 Å². The zero-order chi connectivity index (χ0) is 23.7. The lowest BCUT2D eigenvalue weighted by molar-refractivity contribution is -0.290. The molecule has 1 fully saturated rings. The van der Waals surface area contributed by atoms with E-state index in [1.165, 1.54) is 30.6 Å². The number of nitrogens with one attached hydrogen (secondary N) is 2. The minimum atomic E-state index is -5.29. The number of ether oxygens (including phenoxy) is 2. The van der Waals surface area contributed by atoms with Crippen molar-refractivity contribution in [2.45, 2.75) is 31.5 Å². The minimum absolute atomic E-state index is 0.124. The van der Waals surface area contributed by atoms with Crippen molar-refractivity contribution in [2.75, 3.05) is 7.11 Å². The molecule has 2 aromatic rings. The largest absolute Gasteiger partial charge is 0.493 e. The first-order chi connectivity index (χ1) is 15.0. The Hall–Kier alpha value is -2.98. The van der Waals surface area contributed by atoms with Crippen molar-refractivity contribution in [1.82, 2.24) is 10.6 Å². The van der Waals surface area contributed by atoms with Crippen molar-refractivity contribution in [2.24, 2.45) is 5.92 Å². The van der Waals surface area contributed by atoms with Gasteiger partial charge in [-0.15, -0.1) is 0 Å². The van der Waals surface area contributed by atoms with E-state index in [-0.39, 0.29) is 23.7 Å². The molecule has 0 aromatic heterocycles. The smallest absolute Gasteiger partial charge is 0.437 e. The van der Waals surface area contributed by atoms with Crippen LogP contribution in [0.5, 0.6) is 11.5 Å². The number of urea groups is 1. The van der Waals surface area contributed by atoms with Crippen LogP contribution in [0, 0.1) is 5.92 Å². The summed E-state index contributed by atoms with van der Waals surface area (Å²) in [6.07, 6.45) is -5.29. The van der Waals surface area contributed by atoms with E-state index in [2.05, 4.69) is 5.32 Å². The molecule has 0 unspecified atom stereocenters. The molecular weight excluding hydrogens is 453 g/mol. The maximum atomic E-state index is 13.6. The number of carbonyl (C=O) groups excluding carboxylic acids is 2. The third-order valence-electron chi connectivity index (χ3n) is 5.10. The van der Waals surface area contributed by atoms with Gasteiger partial charge in [0, 0.05) is 5.02 Å². The van der Waals surface area contributed by atoms with Crippen LogP contribution in [0.3, 0.4) is 0 Å². The molecular formula is C21H20ClF3N2O5. The number of methoxy groups -OCH3 is 1. The molecule has 1 heterocycles. The van der Waals surface area contributed by atoms with Crippen molar-refractivity contribution in [3.63, 3.8) is 0 Å². The highest BCUT2D eigenvalue weighted by molar-refractivity contribution is 6.30. The van der Waals surface area contributed by atoms with Gasteiger partial charge in [-0.3, -0.25) is 4.79 Å². The van der Waals surface area contributed by atoms with Crippen LogP contribution < -0.4 is 20.1 Å². The molecule has 3 N–H and O–H groups in total. The van der Waals surface area contributed by atoms with E-state index in [0.717, 1.165) is 12.5 Å². The van der Waals surface area contributed by atoms with Crippen LogP contribution in [0.1, 0.15) is 24.1 Å². The molecule has 7 nitrogen and oxygen atoms in total. The van der Waals surface area contributed by atoms with Crippen molar-refractivity contribution in [1.29, 1.82) is 0 Å². The molecule has 1 aliphatic rings. The van der Waals surface area contributed by atoms with Gasteiger partial charge in [-0.1, -0.05) is 29.8 Å². The maximum absolute atomic E-state index is 13.6. The van der Waals surface area contributed by atoms with E-state index in [0.29, 0.717) is 5.02 Å². The Morgan fingerprint density at radius 2 is 1.84 bits per heavy atom. The molecule has 3 atom stereocenters. The molecule has 32 heavy (non-hydrogen) atoms. The Kier molecular flexibility index (Phi) is 6.56. The normalized spacial score (nSPS) is 23.2. The number of hydrogen-bond donors (Lipinski definition) is 3. The Labute approximate surface area is 186 Å². The number of Topliss-reactive ketones (excluding diaryl/α,β-unsaturated/α-hetero) is 1. The Morgan fingerprint density at radius 3 is 2.41 bits per heavy atom. The van der Waals surface area contributed by atoms with E-state index in [1.54, 1.807) is 24.3 Å². The quantitative estimate of drug-likeness (QED) is 0.595. The fourth-order valence-corrected chi connectivity index (χ4v) is 3.67. The summed E-state index contributed by atoms with van der Waals surface area (Å²) in [7, 11) is 1.34. The molecule has 0 bridgehead atoms. The lowest BCUT2D eigenvalue weighted by Gasteiger charge is -2.44. The van der Waals surface area contributed by atoms with Gasteiger partial charge in [-0.25, -0.2) is 4.79 Å². The highest BCUT2D eigenvalue weighted by atomic mass is 35.5. The summed E-state index contributed by atoms with van der Waals surface area (Å²) in [6.45, 7) is 1.08. The molecule has 0 spiro atoms. The number of halogens is 4. The Morgan fingerprint density at radius 1 is 1.19 bits per heavy atom. The van der Waals surface area contributed by atoms with E-state index in [9.17, 15) is 27.9 Å². The van der Waals surface area contributed by atoms with Crippen LogP contribution in [-0.4, -0.2) is 35.9 Å². The number of ketones is 1. The molecule has 0 radical (unpaired) electrons. The summed E-state index contributed by atoms with van der Waals surface area (Å²) in [5.74, 6) is -2.55. The van der Waals surface area contributed by atoms with Crippen LogP contribution in [0.25, 0.3) is 0 Å². The zero-order valence-corrected chi connectivity index (χ0v) is 17.8. The number of aliphatic hydroxyl groups is 1. The standard InChI is InChI=1S/C21H20ClF3N2O5/c1-11(28)17-18(26-19(29)27-20(17,30)21(23,24)25)13-5-8-15(16(9-13)31-2)32-10-12-3-6-14(22)7-4-12/h3-9,17-18,30H,10H2,1-2H3,(H2,26,27,29)/t17-,18-,20-/m1/s1. The van der Waals surface area contributed by atoms with Crippen molar-refractivity contribution in [3.8, 4) is 11.5 Å². The van der Waals surface area contributed by atoms with Gasteiger partial charge in [0.15, 0.2) is 11.5 Å². The Bertz CT molecular complexity index is 1020. The van der Waals surface area contributed by atoms with Crippen LogP contribution >= 0.6 is 11.6 Å². The number of benzene rings is 2. The maximum Gasteiger partial charge on any atom is 0.437 e. The van der Waals surface area contributed by atoms with Gasteiger partial charge in [0.05, 0.1) is 19.1 Å². The van der Waals surface area contributed by atoms with Gasteiger partial charge in [0.1, 0.15) is 12.4 Å². The van der Waals surface area contributed by atoms with Crippen molar-refractivity contribution >= 4 is 23.4 Å². The lowest BCUT2D eigenvalue weighted by Crippen LogP contribution is -2.72. The fraction of sp³-hybridized carbons (Fsp3) is 0.333. The first-order valence-electron chi connectivity index (χ1n) is 9.39. The van der Waals surface area contributed by atoms with Gasteiger partial charge < -0.3 is 25.2 Å². The van der Waals surface area contributed by atoms with Crippen molar-refractivity contribution < 1.29 is 37.3 Å². The van der Waals surface area contributed by atoms with Crippen LogP contribution in [0.4, 0.5) is 18.0 Å². The van der Waals surface area contributed by atoms with E-state index in [1.807, 2.05) is 0 Å². The third kappa shape index (κ3) is 4.61. The number of amides is 2. The summed E-state index contributed by atoms with van der Waals surface area (Å²) >= 11 is 5.85. The van der Waals surface area contributed by atoms with Crippen molar-refractivity contribution in [3.05, 3.63) is 58.6 Å². The van der Waals surface area contributed by atoms with E-state index >= 15 is 0 Å². The molecule has 172 valence electrons. The van der Waals surface area contributed by atoms with Gasteiger partial charge >= 0.3 is 12.2 Å². The summed E-state index contributed by atoms with van der Waals surface area (Å²) in [4.78, 5) is 24.1. The average molecular weight is 473 g/mol. The predicted octanol–water partition coefficient (Wildman–Crippen LogP) is 3.74. The summed E-state index contributed by atoms with van der Waals surface area (Å²) in [6, 6.07) is 8.38. The second-order valence-electron chi connectivity index (χ2n) is 7.25.